The molecule has 1 amide bonds. The molecule has 1 aromatic heterocycles. The molecule has 2 aromatic rings. The molecule has 6 nitrogen and oxygen atoms in total. The van der Waals surface area contributed by atoms with Gasteiger partial charge in [0.2, 0.25) is 5.16 Å². The maximum Gasteiger partial charge on any atom is 0.274 e. The third kappa shape index (κ3) is 3.64. The highest BCUT2D eigenvalue weighted by atomic mass is 79.9. The second-order valence-electron chi connectivity index (χ2n) is 4.21. The van der Waals surface area contributed by atoms with Crippen molar-refractivity contribution >= 4 is 49.5 Å². The summed E-state index contributed by atoms with van der Waals surface area (Å²) >= 11 is 8.26. The number of nitrogens with zero attached hydrogens (tertiary/aromatic N) is 3. The summed E-state index contributed by atoms with van der Waals surface area (Å²) in [6.45, 7) is 3.79. The van der Waals surface area contributed by atoms with E-state index in [4.69, 9.17) is 4.74 Å². The van der Waals surface area contributed by atoms with E-state index in [1.54, 1.807) is 17.7 Å². The fraction of sp³-hybridized carbons (Fsp3) is 0.308. The molecule has 1 aromatic carbocycles. The van der Waals surface area contributed by atoms with Gasteiger partial charge in [-0.2, -0.15) is 0 Å². The number of carbonyl (C=O) groups excluding carboxylic acids is 1. The number of hydrogen-bond donors (Lipinski definition) is 1. The van der Waals surface area contributed by atoms with E-state index >= 15 is 0 Å². The van der Waals surface area contributed by atoms with E-state index in [1.165, 1.54) is 18.9 Å². The molecule has 0 radical (unpaired) electrons. The predicted octanol–water partition coefficient (Wildman–Crippen LogP) is 3.62. The number of nitrogens with one attached hydrogen (secondary N) is 1. The molecule has 0 saturated heterocycles. The van der Waals surface area contributed by atoms with Crippen LogP contribution in [0, 0.1) is 6.92 Å². The second kappa shape index (κ2) is 7.47. The Morgan fingerprint density at radius 2 is 2.14 bits per heavy atom. The monoisotopic (exact) mass is 448 g/mol. The number of rotatable bonds is 5. The quantitative estimate of drug-likeness (QED) is 0.706. The number of methoxy groups -OCH3 is 1. The average molecular weight is 450 g/mol. The number of hydrogen-bond acceptors (Lipinski definition) is 5. The van der Waals surface area contributed by atoms with E-state index in [2.05, 4.69) is 47.5 Å². The first-order valence-corrected chi connectivity index (χ1v) is 8.94. The zero-order valence-electron chi connectivity index (χ0n) is 12.2. The Morgan fingerprint density at radius 3 is 2.77 bits per heavy atom. The van der Waals surface area contributed by atoms with Crippen LogP contribution in [0.2, 0.25) is 0 Å². The number of halogens is 2. The van der Waals surface area contributed by atoms with Crippen LogP contribution in [0.3, 0.4) is 0 Å². The van der Waals surface area contributed by atoms with Crippen molar-refractivity contribution in [1.29, 1.82) is 0 Å². The van der Waals surface area contributed by atoms with E-state index in [-0.39, 0.29) is 5.91 Å². The van der Waals surface area contributed by atoms with Crippen molar-refractivity contribution in [3.63, 3.8) is 0 Å². The Balaban J connectivity index is 2.36. The molecule has 1 heterocycles. The largest absolute Gasteiger partial charge is 0.495 e. The summed E-state index contributed by atoms with van der Waals surface area (Å²) in [4.78, 5) is 12.6. The van der Waals surface area contributed by atoms with Gasteiger partial charge in [-0.3, -0.25) is 10.2 Å². The Kier molecular flexibility index (Phi) is 5.87. The number of aryl methyl sites for hydroxylation is 1. The van der Waals surface area contributed by atoms with E-state index in [9.17, 15) is 4.79 Å². The van der Waals surface area contributed by atoms with E-state index < -0.39 is 0 Å². The molecule has 0 fully saturated rings. The zero-order valence-corrected chi connectivity index (χ0v) is 16.2. The standard InChI is InChI=1S/C13H14Br2N4O2S/c1-4-22-13-17-16-7(2)19(13)18-12(20)9-5-8(14)6-10(15)11(9)21-3/h5-6H,4H2,1-3H3,(H,18,20). The zero-order chi connectivity index (χ0) is 16.3. The summed E-state index contributed by atoms with van der Waals surface area (Å²) in [7, 11) is 1.52. The lowest BCUT2D eigenvalue weighted by atomic mass is 10.2. The summed E-state index contributed by atoms with van der Waals surface area (Å²) in [5.41, 5.74) is 3.21. The normalized spacial score (nSPS) is 10.6. The first kappa shape index (κ1) is 17.3. The van der Waals surface area contributed by atoms with Gasteiger partial charge >= 0.3 is 0 Å². The van der Waals surface area contributed by atoms with Crippen molar-refractivity contribution in [1.82, 2.24) is 14.9 Å². The van der Waals surface area contributed by atoms with Crippen molar-refractivity contribution in [2.45, 2.75) is 19.0 Å². The van der Waals surface area contributed by atoms with Crippen LogP contribution >= 0.6 is 43.6 Å². The Morgan fingerprint density at radius 1 is 1.41 bits per heavy atom. The molecule has 0 aliphatic rings. The number of thioether (sulfide) groups is 1. The van der Waals surface area contributed by atoms with E-state index in [1.807, 2.05) is 13.0 Å². The summed E-state index contributed by atoms with van der Waals surface area (Å²) < 4.78 is 8.34. The van der Waals surface area contributed by atoms with Gasteiger partial charge in [-0.15, -0.1) is 10.2 Å². The minimum absolute atomic E-state index is 0.306. The summed E-state index contributed by atoms with van der Waals surface area (Å²) in [6.07, 6.45) is 0. The topological polar surface area (TPSA) is 69.0 Å². The molecule has 0 unspecified atom stereocenters. The maximum absolute atomic E-state index is 12.6. The van der Waals surface area contributed by atoms with Crippen molar-refractivity contribution in [3.05, 3.63) is 32.5 Å². The van der Waals surface area contributed by atoms with Gasteiger partial charge in [-0.25, -0.2) is 4.68 Å². The van der Waals surface area contributed by atoms with Gasteiger partial charge in [-0.05, 0) is 40.7 Å². The molecule has 0 bridgehead atoms. The summed E-state index contributed by atoms with van der Waals surface area (Å²) in [5, 5.41) is 8.67. The molecule has 0 spiro atoms. The van der Waals surface area contributed by atoms with Gasteiger partial charge in [0.15, 0.2) is 0 Å². The van der Waals surface area contributed by atoms with Gasteiger partial charge < -0.3 is 4.74 Å². The molecule has 1 N–H and O–H groups in total. The first-order valence-electron chi connectivity index (χ1n) is 6.37. The van der Waals surface area contributed by atoms with Crippen molar-refractivity contribution in [3.8, 4) is 5.75 Å². The number of aromatic nitrogens is 3. The van der Waals surface area contributed by atoms with E-state index in [0.29, 0.717) is 26.8 Å². The smallest absolute Gasteiger partial charge is 0.274 e. The fourth-order valence-corrected chi connectivity index (χ4v) is 3.84. The van der Waals surface area contributed by atoms with Crippen LogP contribution in [0.5, 0.6) is 5.75 Å². The van der Waals surface area contributed by atoms with Gasteiger partial charge in [0.1, 0.15) is 11.6 Å². The molecule has 2 rings (SSSR count). The van der Waals surface area contributed by atoms with Gasteiger partial charge in [0.25, 0.3) is 5.91 Å². The predicted molar refractivity (Wildman–Crippen MR) is 93.2 cm³/mol. The maximum atomic E-state index is 12.6. The van der Waals surface area contributed by atoms with Crippen LogP contribution in [0.4, 0.5) is 0 Å². The highest BCUT2D eigenvalue weighted by Crippen LogP contribution is 2.32. The lowest BCUT2D eigenvalue weighted by Gasteiger charge is -2.13. The molecule has 0 atom stereocenters. The molecular weight excluding hydrogens is 436 g/mol. The van der Waals surface area contributed by atoms with Crippen LogP contribution in [-0.4, -0.2) is 33.6 Å². The highest BCUT2D eigenvalue weighted by Gasteiger charge is 2.19. The number of amides is 1. The number of benzene rings is 1. The second-order valence-corrected chi connectivity index (χ2v) is 7.21. The van der Waals surface area contributed by atoms with Crippen LogP contribution in [0.15, 0.2) is 26.2 Å². The van der Waals surface area contributed by atoms with Gasteiger partial charge in [0, 0.05) is 4.47 Å². The lowest BCUT2D eigenvalue weighted by Crippen LogP contribution is -2.25. The van der Waals surface area contributed by atoms with Crippen LogP contribution in [-0.2, 0) is 0 Å². The minimum Gasteiger partial charge on any atom is -0.495 e. The van der Waals surface area contributed by atoms with E-state index in [0.717, 1.165) is 10.2 Å². The Labute approximate surface area is 149 Å². The molecule has 0 aliphatic carbocycles. The van der Waals surface area contributed by atoms with Crippen LogP contribution < -0.4 is 10.2 Å². The molecule has 118 valence electrons. The SMILES string of the molecule is CCSc1nnc(C)n1NC(=O)c1cc(Br)cc(Br)c1OC. The molecule has 9 heteroatoms. The third-order valence-corrected chi connectivity index (χ3v) is 4.60. The molecule has 0 saturated carbocycles. The lowest BCUT2D eigenvalue weighted by molar-refractivity contribution is 0.100. The van der Waals surface area contributed by atoms with Gasteiger partial charge in [-0.1, -0.05) is 34.6 Å². The van der Waals surface area contributed by atoms with Crippen molar-refractivity contribution < 1.29 is 9.53 Å². The summed E-state index contributed by atoms with van der Waals surface area (Å²) in [5.74, 6) is 1.60. The minimum atomic E-state index is -0.306. The number of carbonyl (C=O) groups is 1. The highest BCUT2D eigenvalue weighted by molar-refractivity contribution is 9.11. The van der Waals surface area contributed by atoms with Crippen LogP contribution in [0.25, 0.3) is 0 Å². The molecule has 0 aliphatic heterocycles. The van der Waals surface area contributed by atoms with Gasteiger partial charge in [0.05, 0.1) is 17.1 Å². The Hall–Kier alpha value is -1.06. The third-order valence-electron chi connectivity index (χ3n) is 2.74. The fourth-order valence-electron chi connectivity index (χ4n) is 1.79. The van der Waals surface area contributed by atoms with Crippen molar-refractivity contribution in [2.75, 3.05) is 18.3 Å². The number of ether oxygens (including phenoxy) is 1. The molecular formula is C13H14Br2N4O2S. The average Bonchev–Trinajstić information content (AvgIpc) is 2.80. The van der Waals surface area contributed by atoms with Crippen molar-refractivity contribution in [2.24, 2.45) is 0 Å². The summed E-state index contributed by atoms with van der Waals surface area (Å²) in [6, 6.07) is 3.52. The van der Waals surface area contributed by atoms with Crippen LogP contribution in [0.1, 0.15) is 23.1 Å². The molecule has 22 heavy (non-hydrogen) atoms. The Bertz CT molecular complexity index is 706. The first-order chi connectivity index (χ1) is 10.5.